The smallest absolute Gasteiger partial charge is 0.303 e. The Bertz CT molecular complexity index is 1030. The molecule has 3 rings (SSSR count). The van der Waals surface area contributed by atoms with Crippen molar-refractivity contribution >= 4 is 39.3 Å². The molecule has 0 radical (unpaired) electrons. The van der Waals surface area contributed by atoms with E-state index < -0.39 is 29.5 Å². The Morgan fingerprint density at radius 1 is 1.03 bits per heavy atom. The Morgan fingerprint density at radius 2 is 1.74 bits per heavy atom. The fourth-order valence-corrected chi connectivity index (χ4v) is 3.90. The van der Waals surface area contributed by atoms with Gasteiger partial charge in [0.1, 0.15) is 11.6 Å². The number of nitrogens with zero attached hydrogens (tertiary/aromatic N) is 1. The van der Waals surface area contributed by atoms with Crippen molar-refractivity contribution in [2.24, 2.45) is 0 Å². The van der Waals surface area contributed by atoms with Gasteiger partial charge in [-0.2, -0.15) is 0 Å². The van der Waals surface area contributed by atoms with Crippen LogP contribution in [0.2, 0.25) is 0 Å². The van der Waals surface area contributed by atoms with Crippen LogP contribution in [0.25, 0.3) is 5.76 Å². The molecular formula is C23H21BrFNO5. The standard InChI is InChI=1S/C23H21BrFNO5/c24-16-10-8-14(9-11-16)21(29)19-20(15-5-4-6-17(25)13-15)26(23(31)22(19)30)12-3-1-2-7-18(27)28/h4-6,8-11,13,20,29H,1-3,7,12H2,(H,27,28)/t20-/m1/s1. The number of amides is 1. The van der Waals surface area contributed by atoms with E-state index in [9.17, 15) is 23.9 Å². The second-order valence-electron chi connectivity index (χ2n) is 7.26. The molecule has 0 saturated carbocycles. The molecule has 0 spiro atoms. The first-order valence-corrected chi connectivity index (χ1v) is 10.6. The van der Waals surface area contributed by atoms with E-state index in [1.807, 2.05) is 0 Å². The summed E-state index contributed by atoms with van der Waals surface area (Å²) in [6, 6.07) is 11.3. The fourth-order valence-electron chi connectivity index (χ4n) is 3.63. The van der Waals surface area contributed by atoms with E-state index in [0.717, 1.165) is 4.47 Å². The maximum atomic E-state index is 13.9. The lowest BCUT2D eigenvalue weighted by molar-refractivity contribution is -0.140. The summed E-state index contributed by atoms with van der Waals surface area (Å²) in [6.45, 7) is 0.183. The van der Waals surface area contributed by atoms with Gasteiger partial charge in [-0.15, -0.1) is 0 Å². The highest BCUT2D eigenvalue weighted by molar-refractivity contribution is 9.10. The monoisotopic (exact) mass is 489 g/mol. The van der Waals surface area contributed by atoms with Gasteiger partial charge in [0.05, 0.1) is 11.6 Å². The van der Waals surface area contributed by atoms with Crippen molar-refractivity contribution in [2.45, 2.75) is 31.7 Å². The molecule has 2 N–H and O–H groups in total. The molecule has 6 nitrogen and oxygen atoms in total. The summed E-state index contributed by atoms with van der Waals surface area (Å²) in [5, 5.41) is 19.7. The Balaban J connectivity index is 1.97. The number of likely N-dealkylation sites (tertiary alicyclic amines) is 1. The summed E-state index contributed by atoms with van der Waals surface area (Å²) in [5.41, 5.74) is 0.649. The number of carbonyl (C=O) groups is 3. The van der Waals surface area contributed by atoms with Gasteiger partial charge in [0, 0.05) is 23.0 Å². The van der Waals surface area contributed by atoms with Crippen LogP contribution in [0, 0.1) is 5.82 Å². The Morgan fingerprint density at radius 3 is 2.39 bits per heavy atom. The molecule has 2 aromatic rings. The quantitative estimate of drug-likeness (QED) is 0.243. The van der Waals surface area contributed by atoms with Gasteiger partial charge in [-0.1, -0.05) is 46.6 Å². The minimum absolute atomic E-state index is 0.0235. The highest BCUT2D eigenvalue weighted by Crippen LogP contribution is 2.39. The molecule has 1 amide bonds. The number of unbranched alkanes of at least 4 members (excludes halogenated alkanes) is 2. The number of aliphatic hydroxyl groups excluding tert-OH is 1. The number of aliphatic hydroxyl groups is 1. The first kappa shape index (κ1) is 22.7. The lowest BCUT2D eigenvalue weighted by atomic mass is 9.95. The van der Waals surface area contributed by atoms with E-state index in [1.54, 1.807) is 30.3 Å². The molecule has 162 valence electrons. The van der Waals surface area contributed by atoms with Gasteiger partial charge in [-0.25, -0.2) is 4.39 Å². The number of benzene rings is 2. The van der Waals surface area contributed by atoms with E-state index in [-0.39, 0.29) is 24.3 Å². The molecule has 0 bridgehead atoms. The van der Waals surface area contributed by atoms with Crippen molar-refractivity contribution in [2.75, 3.05) is 6.54 Å². The molecule has 1 atom stereocenters. The van der Waals surface area contributed by atoms with Crippen LogP contribution in [-0.2, 0) is 14.4 Å². The normalized spacial score (nSPS) is 17.9. The maximum Gasteiger partial charge on any atom is 0.303 e. The molecule has 1 heterocycles. The van der Waals surface area contributed by atoms with Gasteiger partial charge in [-0.05, 0) is 42.7 Å². The number of carboxylic acids is 1. The van der Waals surface area contributed by atoms with Gasteiger partial charge in [-0.3, -0.25) is 14.4 Å². The molecule has 2 aromatic carbocycles. The number of hydrogen-bond acceptors (Lipinski definition) is 4. The van der Waals surface area contributed by atoms with Crippen LogP contribution >= 0.6 is 15.9 Å². The Labute approximate surface area is 187 Å². The van der Waals surface area contributed by atoms with Gasteiger partial charge in [0.15, 0.2) is 0 Å². The second kappa shape index (κ2) is 9.87. The molecule has 31 heavy (non-hydrogen) atoms. The van der Waals surface area contributed by atoms with Gasteiger partial charge >= 0.3 is 5.97 Å². The van der Waals surface area contributed by atoms with E-state index in [4.69, 9.17) is 5.11 Å². The SMILES string of the molecule is O=C(O)CCCCCN1C(=O)C(=O)C(=C(O)c2ccc(Br)cc2)[C@H]1c1cccc(F)c1. The summed E-state index contributed by atoms with van der Waals surface area (Å²) in [5.74, 6) is -3.34. The van der Waals surface area contributed by atoms with Crippen LogP contribution in [0.3, 0.4) is 0 Å². The molecule has 1 aliphatic rings. The number of rotatable bonds is 8. The number of hydrogen-bond donors (Lipinski definition) is 2. The summed E-state index contributed by atoms with van der Waals surface area (Å²) in [4.78, 5) is 37.6. The molecule has 0 unspecified atom stereocenters. The number of Topliss-reactive ketones (excluding diaryl/α,β-unsaturated/α-hetero) is 1. The highest BCUT2D eigenvalue weighted by Gasteiger charge is 2.45. The predicted octanol–water partition coefficient (Wildman–Crippen LogP) is 4.65. The topological polar surface area (TPSA) is 94.9 Å². The van der Waals surface area contributed by atoms with E-state index in [2.05, 4.69) is 15.9 Å². The van der Waals surface area contributed by atoms with Crippen molar-refractivity contribution in [1.82, 2.24) is 4.90 Å². The lowest BCUT2D eigenvalue weighted by Crippen LogP contribution is -2.30. The van der Waals surface area contributed by atoms with E-state index in [1.165, 1.54) is 23.1 Å². The Hall–Kier alpha value is -3.00. The highest BCUT2D eigenvalue weighted by atomic mass is 79.9. The maximum absolute atomic E-state index is 13.9. The van der Waals surface area contributed by atoms with Crippen molar-refractivity contribution in [1.29, 1.82) is 0 Å². The summed E-state index contributed by atoms with van der Waals surface area (Å²) < 4.78 is 14.7. The van der Waals surface area contributed by atoms with Gasteiger partial charge in [0.25, 0.3) is 11.7 Å². The minimum atomic E-state index is -0.932. The van der Waals surface area contributed by atoms with E-state index >= 15 is 0 Å². The predicted molar refractivity (Wildman–Crippen MR) is 116 cm³/mol. The minimum Gasteiger partial charge on any atom is -0.507 e. The van der Waals surface area contributed by atoms with E-state index in [0.29, 0.717) is 30.4 Å². The molecule has 1 fully saturated rings. The number of halogens is 2. The molecule has 1 aliphatic heterocycles. The number of ketones is 1. The first-order valence-electron chi connectivity index (χ1n) is 9.81. The molecule has 8 heteroatoms. The summed E-state index contributed by atoms with van der Waals surface area (Å²) >= 11 is 3.31. The van der Waals surface area contributed by atoms with Crippen molar-refractivity contribution in [3.05, 3.63) is 75.5 Å². The van der Waals surface area contributed by atoms with Crippen LogP contribution in [0.15, 0.2) is 58.6 Å². The summed E-state index contributed by atoms with van der Waals surface area (Å²) in [6.07, 6.45) is 1.50. The van der Waals surface area contributed by atoms with Crippen LogP contribution in [0.4, 0.5) is 4.39 Å². The fraction of sp³-hybridized carbons (Fsp3) is 0.261. The van der Waals surface area contributed by atoms with Crippen LogP contribution in [-0.4, -0.2) is 39.3 Å². The molecule has 0 aliphatic carbocycles. The lowest BCUT2D eigenvalue weighted by Gasteiger charge is -2.25. The average molecular weight is 490 g/mol. The molecular weight excluding hydrogens is 469 g/mol. The van der Waals surface area contributed by atoms with Crippen LogP contribution < -0.4 is 0 Å². The van der Waals surface area contributed by atoms with Crippen LogP contribution in [0.1, 0.15) is 42.9 Å². The van der Waals surface area contributed by atoms with Crippen molar-refractivity contribution in [3.8, 4) is 0 Å². The number of carboxylic acid groups (broad SMARTS) is 1. The zero-order valence-electron chi connectivity index (χ0n) is 16.6. The molecule has 0 aromatic heterocycles. The van der Waals surface area contributed by atoms with Crippen LogP contribution in [0.5, 0.6) is 0 Å². The first-order chi connectivity index (χ1) is 14.8. The third-order valence-corrected chi connectivity index (χ3v) is 5.64. The third-order valence-electron chi connectivity index (χ3n) is 5.11. The van der Waals surface area contributed by atoms with Gasteiger partial charge < -0.3 is 15.1 Å². The zero-order chi connectivity index (χ0) is 22.5. The summed E-state index contributed by atoms with van der Waals surface area (Å²) in [7, 11) is 0. The Kier molecular flexibility index (Phi) is 7.22. The average Bonchev–Trinajstić information content (AvgIpc) is 2.98. The van der Waals surface area contributed by atoms with Crippen molar-refractivity contribution in [3.63, 3.8) is 0 Å². The third kappa shape index (κ3) is 5.19. The largest absolute Gasteiger partial charge is 0.507 e. The number of carbonyl (C=O) groups excluding carboxylic acids is 2. The second-order valence-corrected chi connectivity index (χ2v) is 8.17. The number of aliphatic carboxylic acids is 1. The van der Waals surface area contributed by atoms with Crippen molar-refractivity contribution < 1.29 is 29.0 Å². The zero-order valence-corrected chi connectivity index (χ0v) is 18.1. The van der Waals surface area contributed by atoms with Gasteiger partial charge in [0.2, 0.25) is 0 Å². The molecule has 1 saturated heterocycles.